The smallest absolute Gasteiger partial charge is 0.145 e. The summed E-state index contributed by atoms with van der Waals surface area (Å²) < 4.78 is 15.3. The maximum Gasteiger partial charge on any atom is 0.145 e. The van der Waals surface area contributed by atoms with Gasteiger partial charge in [0.1, 0.15) is 5.82 Å². The first-order valence-electron chi connectivity index (χ1n) is 6.14. The molecule has 20 heavy (non-hydrogen) atoms. The van der Waals surface area contributed by atoms with Gasteiger partial charge in [-0.15, -0.1) is 11.3 Å². The van der Waals surface area contributed by atoms with Crippen LogP contribution in [0.3, 0.4) is 0 Å². The van der Waals surface area contributed by atoms with Gasteiger partial charge in [-0.05, 0) is 30.7 Å². The summed E-state index contributed by atoms with van der Waals surface area (Å²) >= 11 is 19.3. The minimum Gasteiger partial charge on any atom is -0.310 e. The summed E-state index contributed by atoms with van der Waals surface area (Å²) in [7, 11) is 0. The highest BCUT2D eigenvalue weighted by molar-refractivity contribution is 7.20. The maximum absolute atomic E-state index is 14.0. The van der Waals surface area contributed by atoms with E-state index in [4.69, 9.17) is 34.8 Å². The zero-order valence-corrected chi connectivity index (χ0v) is 13.8. The highest BCUT2D eigenvalue weighted by atomic mass is 35.5. The number of hydrogen-bond donors (Lipinski definition) is 1. The van der Waals surface area contributed by atoms with E-state index in [0.717, 1.165) is 12.1 Å². The third kappa shape index (κ3) is 3.66. The van der Waals surface area contributed by atoms with Crippen molar-refractivity contribution in [1.29, 1.82) is 0 Å². The van der Waals surface area contributed by atoms with Gasteiger partial charge in [0.05, 0.1) is 13.7 Å². The molecule has 0 aliphatic heterocycles. The molecule has 0 amide bonds. The first-order chi connectivity index (χ1) is 9.52. The molecule has 0 aliphatic carbocycles. The second-order valence-corrected chi connectivity index (χ2v) is 7.00. The first kappa shape index (κ1) is 16.1. The Kier molecular flexibility index (Phi) is 5.70. The van der Waals surface area contributed by atoms with Crippen molar-refractivity contribution in [1.82, 2.24) is 5.32 Å². The molecule has 0 saturated heterocycles. The molecule has 0 bridgehead atoms. The number of hydrogen-bond acceptors (Lipinski definition) is 2. The monoisotopic (exact) mass is 351 g/mol. The van der Waals surface area contributed by atoms with E-state index in [9.17, 15) is 4.39 Å². The SMILES string of the molecule is CCNC(Cc1cccc(Cl)c1F)c1cc(Cl)sc1Cl. The van der Waals surface area contributed by atoms with Crippen LogP contribution in [0.2, 0.25) is 13.7 Å². The minimum atomic E-state index is -0.380. The lowest BCUT2D eigenvalue weighted by molar-refractivity contribution is 0.529. The van der Waals surface area contributed by atoms with Gasteiger partial charge in [0.15, 0.2) is 0 Å². The molecule has 1 atom stereocenters. The molecule has 0 spiro atoms. The van der Waals surface area contributed by atoms with Gasteiger partial charge in [-0.3, -0.25) is 0 Å². The van der Waals surface area contributed by atoms with Crippen LogP contribution in [0, 0.1) is 5.82 Å². The van der Waals surface area contributed by atoms with Crippen molar-refractivity contribution >= 4 is 46.1 Å². The number of likely N-dealkylation sites (N-methyl/N-ethyl adjacent to an activating group) is 1. The number of nitrogens with one attached hydrogen (secondary N) is 1. The third-order valence-corrected chi connectivity index (χ3v) is 4.77. The number of thiophene rings is 1. The van der Waals surface area contributed by atoms with E-state index in [1.807, 2.05) is 13.0 Å². The van der Waals surface area contributed by atoms with Crippen LogP contribution in [0.25, 0.3) is 0 Å². The molecule has 6 heteroatoms. The molecule has 1 unspecified atom stereocenters. The van der Waals surface area contributed by atoms with E-state index < -0.39 is 0 Å². The molecule has 1 aromatic carbocycles. The van der Waals surface area contributed by atoms with Crippen LogP contribution in [0.4, 0.5) is 4.39 Å². The lowest BCUT2D eigenvalue weighted by Crippen LogP contribution is -2.23. The largest absolute Gasteiger partial charge is 0.310 e. The van der Waals surface area contributed by atoms with Crippen molar-refractivity contribution in [2.75, 3.05) is 6.54 Å². The summed E-state index contributed by atoms with van der Waals surface area (Å²) in [5.74, 6) is -0.380. The molecule has 1 aromatic heterocycles. The Hall–Kier alpha value is -0.320. The van der Waals surface area contributed by atoms with E-state index >= 15 is 0 Å². The molecular formula is C14H13Cl3FNS. The summed E-state index contributed by atoms with van der Waals surface area (Å²) in [6.07, 6.45) is 0.465. The third-order valence-electron chi connectivity index (χ3n) is 2.96. The average molecular weight is 353 g/mol. The fourth-order valence-electron chi connectivity index (χ4n) is 2.06. The lowest BCUT2D eigenvalue weighted by atomic mass is 10.0. The highest BCUT2D eigenvalue weighted by Crippen LogP contribution is 2.36. The Morgan fingerprint density at radius 1 is 1.30 bits per heavy atom. The van der Waals surface area contributed by atoms with Crippen LogP contribution in [0.1, 0.15) is 24.1 Å². The fourth-order valence-corrected chi connectivity index (χ4v) is 3.83. The van der Waals surface area contributed by atoms with Crippen LogP contribution in [0.5, 0.6) is 0 Å². The average Bonchev–Trinajstić information content (AvgIpc) is 2.73. The molecule has 108 valence electrons. The van der Waals surface area contributed by atoms with Crippen LogP contribution in [0.15, 0.2) is 24.3 Å². The normalized spacial score (nSPS) is 12.7. The van der Waals surface area contributed by atoms with E-state index in [2.05, 4.69) is 5.32 Å². The Morgan fingerprint density at radius 3 is 2.65 bits per heavy atom. The first-order valence-corrected chi connectivity index (χ1v) is 8.09. The Labute approximate surface area is 136 Å². The number of benzene rings is 1. The maximum atomic E-state index is 14.0. The number of rotatable bonds is 5. The van der Waals surface area contributed by atoms with Crippen molar-refractivity contribution in [3.63, 3.8) is 0 Å². The summed E-state index contributed by atoms with van der Waals surface area (Å²) in [6, 6.07) is 6.74. The zero-order chi connectivity index (χ0) is 14.7. The van der Waals surface area contributed by atoms with Crippen molar-refractivity contribution < 1.29 is 4.39 Å². The zero-order valence-electron chi connectivity index (χ0n) is 10.7. The van der Waals surface area contributed by atoms with Gasteiger partial charge in [0.25, 0.3) is 0 Å². The Bertz CT molecular complexity index is 600. The predicted molar refractivity (Wildman–Crippen MR) is 85.9 cm³/mol. The van der Waals surface area contributed by atoms with Gasteiger partial charge in [0.2, 0.25) is 0 Å². The van der Waals surface area contributed by atoms with Gasteiger partial charge in [-0.1, -0.05) is 53.9 Å². The Balaban J connectivity index is 2.30. The molecule has 1 heterocycles. The molecular weight excluding hydrogens is 340 g/mol. The Morgan fingerprint density at radius 2 is 2.05 bits per heavy atom. The topological polar surface area (TPSA) is 12.0 Å². The quantitative estimate of drug-likeness (QED) is 0.723. The molecule has 1 N–H and O–H groups in total. The minimum absolute atomic E-state index is 0.0933. The van der Waals surface area contributed by atoms with Gasteiger partial charge in [-0.25, -0.2) is 4.39 Å². The van der Waals surface area contributed by atoms with Gasteiger partial charge >= 0.3 is 0 Å². The standard InChI is InChI=1S/C14H13Cl3FNS/c1-2-19-11(9-7-12(16)20-14(9)17)6-8-4-3-5-10(15)13(8)18/h3-5,7,11,19H,2,6H2,1H3. The van der Waals surface area contributed by atoms with Crippen molar-refractivity contribution in [3.8, 4) is 0 Å². The van der Waals surface area contributed by atoms with Crippen LogP contribution in [-0.4, -0.2) is 6.54 Å². The second-order valence-electron chi connectivity index (χ2n) is 4.31. The van der Waals surface area contributed by atoms with Gasteiger partial charge in [0, 0.05) is 11.6 Å². The molecule has 0 saturated carbocycles. The summed E-state index contributed by atoms with van der Waals surface area (Å²) in [6.45, 7) is 2.74. The molecule has 2 rings (SSSR count). The summed E-state index contributed by atoms with van der Waals surface area (Å²) in [4.78, 5) is 0. The van der Waals surface area contributed by atoms with E-state index in [-0.39, 0.29) is 16.9 Å². The van der Waals surface area contributed by atoms with E-state index in [1.165, 1.54) is 17.4 Å². The van der Waals surface area contributed by atoms with Crippen molar-refractivity contribution in [3.05, 3.63) is 54.9 Å². The van der Waals surface area contributed by atoms with Crippen molar-refractivity contribution in [2.24, 2.45) is 0 Å². The highest BCUT2D eigenvalue weighted by Gasteiger charge is 2.19. The van der Waals surface area contributed by atoms with Crippen LogP contribution >= 0.6 is 46.1 Å². The number of halogens is 4. The second kappa shape index (κ2) is 7.10. The summed E-state index contributed by atoms with van der Waals surface area (Å²) in [5.41, 5.74) is 1.45. The fraction of sp³-hybridized carbons (Fsp3) is 0.286. The van der Waals surface area contributed by atoms with Gasteiger partial charge < -0.3 is 5.32 Å². The van der Waals surface area contributed by atoms with Crippen LogP contribution in [-0.2, 0) is 6.42 Å². The van der Waals surface area contributed by atoms with Crippen LogP contribution < -0.4 is 5.32 Å². The molecule has 2 aromatic rings. The van der Waals surface area contributed by atoms with E-state index in [0.29, 0.717) is 20.7 Å². The molecule has 1 nitrogen and oxygen atoms in total. The predicted octanol–water partition coefficient (Wildman–Crippen LogP) is 5.74. The lowest BCUT2D eigenvalue weighted by Gasteiger charge is -2.18. The molecule has 0 aliphatic rings. The van der Waals surface area contributed by atoms with Gasteiger partial charge in [-0.2, -0.15) is 0 Å². The summed E-state index contributed by atoms with van der Waals surface area (Å²) in [5, 5.41) is 3.43. The molecule has 0 radical (unpaired) electrons. The molecule has 0 fully saturated rings. The van der Waals surface area contributed by atoms with E-state index in [1.54, 1.807) is 12.1 Å². The van der Waals surface area contributed by atoms with Crippen molar-refractivity contribution in [2.45, 2.75) is 19.4 Å².